The van der Waals surface area contributed by atoms with Crippen molar-refractivity contribution in [2.75, 3.05) is 0 Å². The van der Waals surface area contributed by atoms with E-state index < -0.39 is 0 Å². The molecule has 1 rings (SSSR count). The smallest absolute Gasteiger partial charge is 0.0109 e. The summed E-state index contributed by atoms with van der Waals surface area (Å²) in [5.74, 6) is 4.50. The van der Waals surface area contributed by atoms with E-state index in [1.165, 1.54) is 36.8 Å². The molecule has 1 saturated carbocycles. The van der Waals surface area contributed by atoms with Crippen LogP contribution in [0.4, 0.5) is 0 Å². The Balaban J connectivity index is 3.20. The van der Waals surface area contributed by atoms with Crippen LogP contribution in [0.5, 0.6) is 0 Å². The molecule has 0 aromatic heterocycles. The fourth-order valence-electron chi connectivity index (χ4n) is 4.86. The Labute approximate surface area is 127 Å². The predicted molar refractivity (Wildman–Crippen MR) is 91.7 cm³/mol. The third-order valence-corrected chi connectivity index (χ3v) is 5.87. The summed E-state index contributed by atoms with van der Waals surface area (Å²) in [4.78, 5) is 0. The molecular weight excluding hydrogens is 240 g/mol. The van der Waals surface area contributed by atoms with E-state index in [9.17, 15) is 0 Å². The Morgan fingerprint density at radius 1 is 0.750 bits per heavy atom. The van der Waals surface area contributed by atoms with Gasteiger partial charge in [0.2, 0.25) is 0 Å². The topological polar surface area (TPSA) is 0 Å². The van der Waals surface area contributed by atoms with E-state index in [4.69, 9.17) is 0 Å². The van der Waals surface area contributed by atoms with Gasteiger partial charge in [-0.25, -0.2) is 0 Å². The highest BCUT2D eigenvalue weighted by Gasteiger charge is 2.46. The van der Waals surface area contributed by atoms with Gasteiger partial charge in [0.25, 0.3) is 0 Å². The van der Waals surface area contributed by atoms with Crippen LogP contribution >= 0.6 is 0 Å². The highest BCUT2D eigenvalue weighted by molar-refractivity contribution is 5.16. The van der Waals surface area contributed by atoms with Crippen molar-refractivity contribution in [2.24, 2.45) is 35.5 Å². The summed E-state index contributed by atoms with van der Waals surface area (Å²) < 4.78 is 0. The lowest BCUT2D eigenvalue weighted by Crippen LogP contribution is -2.45. The van der Waals surface area contributed by atoms with E-state index in [-0.39, 0.29) is 0 Å². The number of allylic oxidation sites excluding steroid dienone is 2. The van der Waals surface area contributed by atoms with Crippen LogP contribution in [0, 0.1) is 35.5 Å². The first-order valence-corrected chi connectivity index (χ1v) is 8.67. The second kappa shape index (κ2) is 7.48. The summed E-state index contributed by atoms with van der Waals surface area (Å²) >= 11 is 0. The summed E-state index contributed by atoms with van der Waals surface area (Å²) in [7, 11) is 0. The van der Waals surface area contributed by atoms with Gasteiger partial charge in [0.05, 0.1) is 0 Å². The van der Waals surface area contributed by atoms with Gasteiger partial charge in [0.15, 0.2) is 0 Å². The van der Waals surface area contributed by atoms with Gasteiger partial charge in [0, 0.05) is 0 Å². The van der Waals surface area contributed by atoms with Crippen LogP contribution in [0.25, 0.3) is 0 Å². The van der Waals surface area contributed by atoms with Crippen molar-refractivity contribution in [3.05, 3.63) is 24.3 Å². The highest BCUT2D eigenvalue weighted by atomic mass is 14.5. The molecule has 0 spiro atoms. The summed E-state index contributed by atoms with van der Waals surface area (Å²) in [6, 6.07) is 0. The number of rotatable bonds is 6. The normalized spacial score (nSPS) is 37.7. The Kier molecular flexibility index (Phi) is 6.55. The van der Waals surface area contributed by atoms with Crippen molar-refractivity contribution in [3.63, 3.8) is 0 Å². The molecule has 0 nitrogen and oxygen atoms in total. The molecule has 20 heavy (non-hydrogen) atoms. The Morgan fingerprint density at radius 3 is 1.25 bits per heavy atom. The molecule has 0 saturated heterocycles. The molecule has 0 bridgehead atoms. The molecule has 0 aromatic carbocycles. The fourth-order valence-corrected chi connectivity index (χ4v) is 4.86. The zero-order chi connectivity index (χ0) is 15.4. The number of hydrogen-bond donors (Lipinski definition) is 0. The lowest BCUT2D eigenvalue weighted by atomic mass is 9.53. The summed E-state index contributed by atoms with van der Waals surface area (Å²) in [6.45, 7) is 22.8. The maximum atomic E-state index is 4.36. The predicted octanol–water partition coefficient (Wildman–Crippen LogP) is 6.49. The van der Waals surface area contributed by atoms with Crippen LogP contribution in [0.3, 0.4) is 0 Å². The van der Waals surface area contributed by atoms with Crippen LogP contribution in [0.15, 0.2) is 24.3 Å². The maximum Gasteiger partial charge on any atom is -0.0109 e. The number of hydrogen-bond acceptors (Lipinski definition) is 0. The molecule has 0 heterocycles. The Bertz CT molecular complexity index is 304. The monoisotopic (exact) mass is 276 g/mol. The van der Waals surface area contributed by atoms with Gasteiger partial charge in [-0.05, 0) is 62.2 Å². The second-order valence-electron chi connectivity index (χ2n) is 7.37. The molecule has 0 aromatic rings. The van der Waals surface area contributed by atoms with Crippen LogP contribution in [0.2, 0.25) is 0 Å². The molecule has 0 N–H and O–H groups in total. The van der Waals surface area contributed by atoms with Gasteiger partial charge >= 0.3 is 0 Å². The average molecular weight is 277 g/mol. The van der Waals surface area contributed by atoms with Crippen LogP contribution in [-0.4, -0.2) is 0 Å². The van der Waals surface area contributed by atoms with Gasteiger partial charge in [0.1, 0.15) is 0 Å². The molecule has 0 amide bonds. The van der Waals surface area contributed by atoms with Crippen molar-refractivity contribution in [3.8, 4) is 0 Å². The first-order chi connectivity index (χ1) is 9.36. The first kappa shape index (κ1) is 17.5. The largest absolute Gasteiger partial charge is 0.0998 e. The molecule has 6 unspecified atom stereocenters. The van der Waals surface area contributed by atoms with Crippen molar-refractivity contribution >= 4 is 0 Å². The average Bonchev–Trinajstić information content (AvgIpc) is 2.37. The molecule has 1 aliphatic rings. The molecule has 0 aliphatic heterocycles. The summed E-state index contributed by atoms with van der Waals surface area (Å²) in [5.41, 5.74) is 2.77. The van der Waals surface area contributed by atoms with Gasteiger partial charge in [-0.2, -0.15) is 0 Å². The third-order valence-electron chi connectivity index (χ3n) is 5.87. The summed E-state index contributed by atoms with van der Waals surface area (Å²) in [6.07, 6.45) is 5.25. The second-order valence-corrected chi connectivity index (χ2v) is 7.37. The standard InChI is InChI=1S/C20H36/c1-9-11-17-15(7)16(8)18(12-10-2)20(14(5)6)19(17)13(3)4/h15-20H,3,5,9-12H2,1-2,4,6-8H3. The van der Waals surface area contributed by atoms with Crippen LogP contribution in [-0.2, 0) is 0 Å². The molecule has 116 valence electrons. The van der Waals surface area contributed by atoms with Gasteiger partial charge in [-0.15, -0.1) is 0 Å². The lowest BCUT2D eigenvalue weighted by Gasteiger charge is -2.51. The van der Waals surface area contributed by atoms with Crippen LogP contribution in [0.1, 0.15) is 67.2 Å². The zero-order valence-electron chi connectivity index (χ0n) is 14.7. The van der Waals surface area contributed by atoms with Gasteiger partial charge in [-0.1, -0.05) is 64.8 Å². The van der Waals surface area contributed by atoms with Crippen molar-refractivity contribution in [1.82, 2.24) is 0 Å². The van der Waals surface area contributed by atoms with Crippen molar-refractivity contribution in [1.29, 1.82) is 0 Å². The molecule has 0 radical (unpaired) electrons. The quantitative estimate of drug-likeness (QED) is 0.486. The third kappa shape index (κ3) is 3.38. The van der Waals surface area contributed by atoms with E-state index in [1.54, 1.807) is 0 Å². The van der Waals surface area contributed by atoms with E-state index in [0.29, 0.717) is 11.8 Å². The van der Waals surface area contributed by atoms with Crippen molar-refractivity contribution in [2.45, 2.75) is 67.2 Å². The van der Waals surface area contributed by atoms with E-state index in [1.807, 2.05) is 0 Å². The minimum absolute atomic E-state index is 0.648. The molecular formula is C20H36. The van der Waals surface area contributed by atoms with Gasteiger partial charge in [-0.3, -0.25) is 0 Å². The van der Waals surface area contributed by atoms with E-state index in [2.05, 4.69) is 54.7 Å². The van der Waals surface area contributed by atoms with Gasteiger partial charge < -0.3 is 0 Å². The molecule has 1 fully saturated rings. The van der Waals surface area contributed by atoms with Crippen molar-refractivity contribution < 1.29 is 0 Å². The molecule has 1 aliphatic carbocycles. The fraction of sp³-hybridized carbons (Fsp3) is 0.800. The molecule has 6 atom stereocenters. The zero-order valence-corrected chi connectivity index (χ0v) is 14.7. The van der Waals surface area contributed by atoms with Crippen LogP contribution < -0.4 is 0 Å². The highest BCUT2D eigenvalue weighted by Crippen LogP contribution is 2.53. The minimum atomic E-state index is 0.648. The minimum Gasteiger partial charge on any atom is -0.0998 e. The summed E-state index contributed by atoms with van der Waals surface area (Å²) in [5, 5.41) is 0. The SMILES string of the molecule is C=C(C)C1C(CCC)C(C)C(C)C(CCC)C1C(=C)C. The van der Waals surface area contributed by atoms with E-state index in [0.717, 1.165) is 23.7 Å². The lowest BCUT2D eigenvalue weighted by molar-refractivity contribution is 0.0192. The Morgan fingerprint density at radius 2 is 1.05 bits per heavy atom. The first-order valence-electron chi connectivity index (χ1n) is 8.67. The Hall–Kier alpha value is -0.520. The maximum absolute atomic E-state index is 4.36. The van der Waals surface area contributed by atoms with E-state index >= 15 is 0 Å². The molecule has 0 heteroatoms.